The summed E-state index contributed by atoms with van der Waals surface area (Å²) in [7, 11) is 4.95. The molecule has 0 amide bonds. The fraction of sp³-hybridized carbons (Fsp3) is 0.341. The number of phenols is 1. The van der Waals surface area contributed by atoms with Crippen LogP contribution in [0.2, 0.25) is 0 Å². The molecule has 0 bridgehead atoms. The topological polar surface area (TPSA) is 65.0 Å². The highest BCUT2D eigenvalue weighted by Gasteiger charge is 2.54. The van der Waals surface area contributed by atoms with Gasteiger partial charge >= 0.3 is 0 Å². The molecule has 0 spiro atoms. The van der Waals surface area contributed by atoms with E-state index in [9.17, 15) is 9.90 Å². The molecule has 0 heterocycles. The van der Waals surface area contributed by atoms with Gasteiger partial charge in [0, 0.05) is 17.4 Å². The average molecular weight is 651 g/mol. The van der Waals surface area contributed by atoms with Crippen LogP contribution in [0, 0.1) is 17.3 Å². The van der Waals surface area contributed by atoms with Gasteiger partial charge in [0.15, 0.2) is 0 Å². The van der Waals surface area contributed by atoms with Gasteiger partial charge in [-0.1, -0.05) is 48.9 Å². The number of ketones is 1. The number of aryl methyl sites for hydroxylation is 1. The van der Waals surface area contributed by atoms with E-state index in [1.165, 1.54) is 17.5 Å². The molecule has 3 aliphatic rings. The summed E-state index contributed by atoms with van der Waals surface area (Å²) in [6, 6.07) is 29.3. The lowest BCUT2D eigenvalue weighted by Crippen LogP contribution is -2.42. The zero-order valence-electron chi connectivity index (χ0n) is 27.6. The van der Waals surface area contributed by atoms with Crippen molar-refractivity contribution >= 4 is 28.0 Å². The fourth-order valence-corrected chi connectivity index (χ4v) is 8.50. The van der Waals surface area contributed by atoms with E-state index in [-0.39, 0.29) is 5.41 Å². The minimum absolute atomic E-state index is 0.0322. The Morgan fingerprint density at radius 3 is 1.79 bits per heavy atom. The summed E-state index contributed by atoms with van der Waals surface area (Å²) < 4.78 is 15.8. The Labute approximate surface area is 283 Å². The first kappa shape index (κ1) is 32.7. The molecular weight excluding hydrogens is 608 g/mol. The maximum atomic E-state index is 12.3. The maximum absolute atomic E-state index is 12.3. The number of hydrogen-bond acceptors (Lipinski definition) is 5. The molecule has 4 aromatic rings. The molecule has 2 saturated carbocycles. The van der Waals surface area contributed by atoms with Gasteiger partial charge in [0.25, 0.3) is 0 Å². The van der Waals surface area contributed by atoms with Gasteiger partial charge in [-0.3, -0.25) is 4.79 Å². The molecule has 0 radical (unpaired) electrons. The molecule has 0 saturated heterocycles. The van der Waals surface area contributed by atoms with E-state index in [1.54, 1.807) is 21.3 Å². The van der Waals surface area contributed by atoms with Crippen LogP contribution in [-0.2, 0) is 11.2 Å². The zero-order chi connectivity index (χ0) is 33.1. The van der Waals surface area contributed by atoms with Crippen LogP contribution in [0.15, 0.2) is 91.0 Å². The molecule has 6 heteroatoms. The Morgan fingerprint density at radius 1 is 0.723 bits per heavy atom. The number of methoxy groups -OCH3 is 3. The summed E-state index contributed by atoms with van der Waals surface area (Å²) in [4.78, 5) is 12.3. The highest BCUT2D eigenvalue weighted by atomic mass is 35.5. The van der Waals surface area contributed by atoms with Crippen molar-refractivity contribution < 1.29 is 24.1 Å². The number of benzene rings is 4. The van der Waals surface area contributed by atoms with Gasteiger partial charge in [-0.05, 0) is 138 Å². The molecule has 0 unspecified atom stereocenters. The SMILES string of the molecule is COc1ccc(C(Cl)=C(c2ccc(OC)cc2)c2ccc(OC)cc2)cc1.C[C@]12CC[C@@H]3c4ccc(O)cc4CC[C@H]3[C@@H]1CCC2=O. The molecule has 7 rings (SSSR count). The van der Waals surface area contributed by atoms with Crippen LogP contribution < -0.4 is 14.2 Å². The normalized spacial score (nSPS) is 22.5. The van der Waals surface area contributed by atoms with Crippen LogP contribution in [0.3, 0.4) is 0 Å². The Bertz CT molecular complexity index is 1690. The van der Waals surface area contributed by atoms with E-state index in [4.69, 9.17) is 25.8 Å². The third-order valence-corrected chi connectivity index (χ3v) is 11.1. The Hall–Kier alpha value is -4.22. The molecule has 244 valence electrons. The van der Waals surface area contributed by atoms with Crippen molar-refractivity contribution in [2.24, 2.45) is 17.3 Å². The summed E-state index contributed by atoms with van der Waals surface area (Å²) in [5, 5.41) is 10.3. The van der Waals surface area contributed by atoms with Gasteiger partial charge in [0.05, 0.1) is 26.4 Å². The van der Waals surface area contributed by atoms with Gasteiger partial charge in [0.2, 0.25) is 0 Å². The van der Waals surface area contributed by atoms with E-state index in [2.05, 4.69) is 13.0 Å². The Balaban J connectivity index is 0.000000171. The Kier molecular flexibility index (Phi) is 9.65. The van der Waals surface area contributed by atoms with Crippen molar-refractivity contribution in [2.45, 2.75) is 51.4 Å². The van der Waals surface area contributed by atoms with Crippen LogP contribution in [0.5, 0.6) is 23.0 Å². The second-order valence-corrected chi connectivity index (χ2v) is 13.5. The monoisotopic (exact) mass is 650 g/mol. The van der Waals surface area contributed by atoms with Crippen molar-refractivity contribution in [3.05, 3.63) is 119 Å². The lowest BCUT2D eigenvalue weighted by Gasteiger charge is -2.48. The summed E-state index contributed by atoms with van der Waals surface area (Å²) in [5.74, 6) is 5.17. The number of aromatic hydroxyl groups is 1. The van der Waals surface area contributed by atoms with Crippen LogP contribution in [-0.4, -0.2) is 32.2 Å². The molecule has 47 heavy (non-hydrogen) atoms. The first-order chi connectivity index (χ1) is 22.7. The van der Waals surface area contributed by atoms with Crippen molar-refractivity contribution in [2.75, 3.05) is 21.3 Å². The standard InChI is InChI=1S/C23H21ClO3.C18H22O2/c1-25-19-10-4-16(5-11-19)22(17-6-12-20(26-2)13-7-17)23(24)18-8-14-21(27-3)15-9-18;1-18-9-8-14-13-5-3-12(19)10-11(13)2-4-15(14)16(18)6-7-17(18)20/h4-15H,1-3H3;3,5,10,14-16,19H,2,4,6-9H2,1H3/t;14-,15-,16+,18+/m.1/s1. The summed E-state index contributed by atoms with van der Waals surface area (Å²) in [6.45, 7) is 2.22. The number of Topliss-reactive ketones (excluding diaryl/α,β-unsaturated/α-hetero) is 1. The van der Waals surface area contributed by atoms with Crippen LogP contribution in [0.1, 0.15) is 72.8 Å². The molecule has 3 aliphatic carbocycles. The van der Waals surface area contributed by atoms with E-state index in [0.717, 1.165) is 71.6 Å². The zero-order valence-corrected chi connectivity index (χ0v) is 28.3. The number of hydrogen-bond donors (Lipinski definition) is 1. The number of fused-ring (bicyclic) bond motifs is 5. The molecule has 4 atom stereocenters. The smallest absolute Gasteiger partial charge is 0.139 e. The second kappa shape index (κ2) is 13.9. The maximum Gasteiger partial charge on any atom is 0.139 e. The Morgan fingerprint density at radius 2 is 1.26 bits per heavy atom. The minimum atomic E-state index is -0.0322. The van der Waals surface area contributed by atoms with Gasteiger partial charge in [-0.2, -0.15) is 0 Å². The summed E-state index contributed by atoms with van der Waals surface area (Å²) >= 11 is 6.86. The van der Waals surface area contributed by atoms with Gasteiger partial charge < -0.3 is 19.3 Å². The molecule has 5 nitrogen and oxygen atoms in total. The number of halogens is 1. The average Bonchev–Trinajstić information content (AvgIpc) is 3.42. The third kappa shape index (κ3) is 6.51. The summed E-state index contributed by atoms with van der Waals surface area (Å²) in [6.07, 6.45) is 6.34. The quantitative estimate of drug-likeness (QED) is 0.211. The number of carbonyl (C=O) groups is 1. The van der Waals surface area contributed by atoms with Crippen LogP contribution >= 0.6 is 11.6 Å². The minimum Gasteiger partial charge on any atom is -0.508 e. The first-order valence-corrected chi connectivity index (χ1v) is 16.8. The van der Waals surface area contributed by atoms with Crippen molar-refractivity contribution in [1.82, 2.24) is 0 Å². The number of rotatable bonds is 6. The van der Waals surface area contributed by atoms with Gasteiger partial charge in [-0.25, -0.2) is 0 Å². The van der Waals surface area contributed by atoms with Crippen LogP contribution in [0.4, 0.5) is 0 Å². The van der Waals surface area contributed by atoms with E-state index in [0.29, 0.717) is 34.3 Å². The van der Waals surface area contributed by atoms with E-state index in [1.807, 2.05) is 84.9 Å². The van der Waals surface area contributed by atoms with Gasteiger partial charge in [-0.15, -0.1) is 0 Å². The highest BCUT2D eigenvalue weighted by Crippen LogP contribution is 2.59. The van der Waals surface area contributed by atoms with Crippen LogP contribution in [0.25, 0.3) is 10.6 Å². The predicted octanol–water partition coefficient (Wildman–Crippen LogP) is 9.69. The molecule has 0 aliphatic heterocycles. The molecule has 2 fully saturated rings. The number of phenolic OH excluding ortho intramolecular Hbond substituents is 1. The predicted molar refractivity (Wildman–Crippen MR) is 188 cm³/mol. The van der Waals surface area contributed by atoms with Crippen molar-refractivity contribution in [1.29, 1.82) is 0 Å². The number of carbonyl (C=O) groups excluding carboxylic acids is 1. The second-order valence-electron chi connectivity index (χ2n) is 13.1. The third-order valence-electron chi connectivity index (χ3n) is 10.7. The van der Waals surface area contributed by atoms with E-state index < -0.39 is 0 Å². The molecular formula is C41H43ClO5. The largest absolute Gasteiger partial charge is 0.508 e. The first-order valence-electron chi connectivity index (χ1n) is 16.4. The lowest BCUT2D eigenvalue weighted by atomic mass is 9.55. The molecule has 0 aromatic heterocycles. The number of ether oxygens (including phenoxy) is 3. The lowest BCUT2D eigenvalue weighted by molar-refractivity contribution is -0.129. The highest BCUT2D eigenvalue weighted by molar-refractivity contribution is 6.53. The molecule has 4 aromatic carbocycles. The van der Waals surface area contributed by atoms with Crippen molar-refractivity contribution in [3.8, 4) is 23.0 Å². The molecule has 1 N–H and O–H groups in total. The summed E-state index contributed by atoms with van der Waals surface area (Å²) in [5.41, 5.74) is 6.60. The van der Waals surface area contributed by atoms with Crippen molar-refractivity contribution in [3.63, 3.8) is 0 Å². The van der Waals surface area contributed by atoms with Gasteiger partial charge in [0.1, 0.15) is 28.8 Å². The fourth-order valence-electron chi connectivity index (χ4n) is 8.16. The van der Waals surface area contributed by atoms with E-state index >= 15 is 0 Å².